The van der Waals surface area contributed by atoms with Gasteiger partial charge in [0, 0.05) is 17.4 Å². The van der Waals surface area contributed by atoms with E-state index in [0.717, 1.165) is 25.7 Å². The highest BCUT2D eigenvalue weighted by Crippen LogP contribution is 2.38. The van der Waals surface area contributed by atoms with E-state index >= 15 is 0 Å². The fourth-order valence-electron chi connectivity index (χ4n) is 2.96. The van der Waals surface area contributed by atoms with Crippen LogP contribution < -0.4 is 0 Å². The molecule has 0 aliphatic heterocycles. The largest absolute Gasteiger partial charge is 0.498 e. The van der Waals surface area contributed by atoms with Gasteiger partial charge in [-0.1, -0.05) is 18.7 Å². The van der Waals surface area contributed by atoms with Gasteiger partial charge < -0.3 is 9.84 Å². The fourth-order valence-corrected chi connectivity index (χ4v) is 3.40. The molecule has 0 radical (unpaired) electrons. The van der Waals surface area contributed by atoms with Gasteiger partial charge >= 0.3 is 5.97 Å². The normalized spacial score (nSPS) is 24.2. The number of carbonyl (C=O) groups excluding carboxylic acids is 1. The molecule has 5 heteroatoms. The van der Waals surface area contributed by atoms with Crippen molar-refractivity contribution in [3.05, 3.63) is 36.1 Å². The zero-order chi connectivity index (χ0) is 17.9. The molecule has 2 unspecified atom stereocenters. The summed E-state index contributed by atoms with van der Waals surface area (Å²) in [7, 11) is 0. The van der Waals surface area contributed by atoms with Crippen LogP contribution in [0.4, 0.5) is 0 Å². The minimum Gasteiger partial charge on any atom is -0.498 e. The number of carbonyl (C=O) groups is 2. The van der Waals surface area contributed by atoms with Crippen LogP contribution in [-0.4, -0.2) is 29.3 Å². The van der Waals surface area contributed by atoms with Crippen molar-refractivity contribution in [2.45, 2.75) is 50.8 Å². The van der Waals surface area contributed by atoms with Crippen molar-refractivity contribution in [3.8, 4) is 0 Å². The quantitative estimate of drug-likeness (QED) is 0.113. The Labute approximate surface area is 149 Å². The maximum absolute atomic E-state index is 10.6. The summed E-state index contributed by atoms with van der Waals surface area (Å²) in [4.78, 5) is 21.0. The van der Waals surface area contributed by atoms with Gasteiger partial charge in [0.1, 0.15) is 6.29 Å². The van der Waals surface area contributed by atoms with E-state index in [-0.39, 0.29) is 11.8 Å². The molecular weight excluding hydrogens is 328 g/mol. The number of carboxylic acids is 1. The first kappa shape index (κ1) is 20.5. The summed E-state index contributed by atoms with van der Waals surface area (Å²) >= 11 is 6.43. The summed E-state index contributed by atoms with van der Waals surface area (Å²) < 4.78 is 5.74. The molecule has 0 amide bonds. The third kappa shape index (κ3) is 7.82. The summed E-state index contributed by atoms with van der Waals surface area (Å²) in [5, 5.41) is 8.75. The number of hydrogen-bond donors (Lipinski definition) is 1. The Bertz CT molecular complexity index is 496. The second-order valence-electron chi connectivity index (χ2n) is 6.27. The monoisotopic (exact) mass is 354 g/mol. The lowest BCUT2D eigenvalue weighted by Gasteiger charge is -2.21. The lowest BCUT2D eigenvalue weighted by molar-refractivity contribution is -0.137. The van der Waals surface area contributed by atoms with Crippen LogP contribution in [-0.2, 0) is 14.3 Å². The molecule has 0 aromatic rings. The Hall–Kier alpha value is -1.55. The number of rotatable bonds is 11. The van der Waals surface area contributed by atoms with Gasteiger partial charge in [-0.25, -0.2) is 0 Å². The molecule has 1 aliphatic carbocycles. The van der Waals surface area contributed by atoms with Gasteiger partial charge in [0.15, 0.2) is 0 Å². The highest BCUT2D eigenvalue weighted by Gasteiger charge is 2.34. The number of aliphatic carboxylic acids is 1. The fraction of sp³-hybridized carbons (Fsp3) is 0.579. The van der Waals surface area contributed by atoms with E-state index in [1.165, 1.54) is 0 Å². The zero-order valence-electron chi connectivity index (χ0n) is 14.2. The van der Waals surface area contributed by atoms with Crippen molar-refractivity contribution in [3.63, 3.8) is 0 Å². The molecule has 134 valence electrons. The first-order chi connectivity index (χ1) is 11.4. The Kier molecular flexibility index (Phi) is 9.46. The number of hydrogen-bond acceptors (Lipinski definition) is 3. The van der Waals surface area contributed by atoms with Crippen LogP contribution in [0.2, 0.25) is 0 Å². The van der Waals surface area contributed by atoms with Crippen LogP contribution in [0.3, 0.4) is 0 Å². The van der Waals surface area contributed by atoms with Crippen molar-refractivity contribution in [1.29, 1.82) is 0 Å². The van der Waals surface area contributed by atoms with E-state index in [4.69, 9.17) is 21.4 Å². The van der Waals surface area contributed by atoms with Crippen molar-refractivity contribution < 1.29 is 19.4 Å². The van der Waals surface area contributed by atoms with Crippen molar-refractivity contribution in [2.24, 2.45) is 11.8 Å². The van der Waals surface area contributed by atoms with E-state index in [2.05, 4.69) is 12.7 Å². The van der Waals surface area contributed by atoms with Crippen LogP contribution in [0.25, 0.3) is 0 Å². The number of alkyl halides is 1. The second-order valence-corrected chi connectivity index (χ2v) is 6.83. The van der Waals surface area contributed by atoms with Gasteiger partial charge in [-0.2, -0.15) is 0 Å². The van der Waals surface area contributed by atoms with Crippen LogP contribution in [0.15, 0.2) is 36.1 Å². The predicted octanol–water partition coefficient (Wildman–Crippen LogP) is 4.50. The Morgan fingerprint density at radius 1 is 1.38 bits per heavy atom. The minimum atomic E-state index is -0.752. The van der Waals surface area contributed by atoms with E-state index in [1.807, 2.05) is 13.0 Å². The van der Waals surface area contributed by atoms with Gasteiger partial charge in [0.25, 0.3) is 0 Å². The highest BCUT2D eigenvalue weighted by atomic mass is 35.5. The molecule has 1 saturated carbocycles. The molecule has 0 heterocycles. The second kappa shape index (κ2) is 11.1. The van der Waals surface area contributed by atoms with Gasteiger partial charge in [-0.15, -0.1) is 11.6 Å². The maximum Gasteiger partial charge on any atom is 0.303 e. The number of aldehydes is 1. The Morgan fingerprint density at radius 2 is 2.12 bits per heavy atom. The van der Waals surface area contributed by atoms with Crippen LogP contribution in [0, 0.1) is 11.8 Å². The average molecular weight is 355 g/mol. The third-order valence-corrected chi connectivity index (χ3v) is 4.83. The highest BCUT2D eigenvalue weighted by molar-refractivity contribution is 6.21. The lowest BCUT2D eigenvalue weighted by Crippen LogP contribution is -2.19. The van der Waals surface area contributed by atoms with E-state index in [0.29, 0.717) is 42.5 Å². The SMILES string of the molecule is C=C(C=O)/C=C(\C)OCC1CCC(Cl)[C@@H]1C/C=C\CCCC(=O)O. The molecule has 1 N–H and O–H groups in total. The molecule has 1 fully saturated rings. The Balaban J connectivity index is 2.40. The third-order valence-electron chi connectivity index (χ3n) is 4.28. The molecule has 4 nitrogen and oxygen atoms in total. The number of carboxylic acid groups (broad SMARTS) is 1. The molecule has 1 aliphatic rings. The lowest BCUT2D eigenvalue weighted by atomic mass is 9.93. The molecule has 0 spiro atoms. The predicted molar refractivity (Wildman–Crippen MR) is 96.0 cm³/mol. The molecule has 3 atom stereocenters. The van der Waals surface area contributed by atoms with Crippen LogP contribution in [0.1, 0.15) is 45.4 Å². The summed E-state index contributed by atoms with van der Waals surface area (Å²) in [6, 6.07) is 0. The summed E-state index contributed by atoms with van der Waals surface area (Å²) in [5.41, 5.74) is 0.398. The average Bonchev–Trinajstić information content (AvgIpc) is 2.88. The number of allylic oxidation sites excluding steroid dienone is 5. The number of unbranched alkanes of at least 4 members (excludes halogenated alkanes) is 1. The van der Waals surface area contributed by atoms with Gasteiger partial charge in [-0.05, 0) is 56.9 Å². The summed E-state index contributed by atoms with van der Waals surface area (Å²) in [6.07, 6.45) is 11.1. The van der Waals surface area contributed by atoms with E-state index < -0.39 is 5.97 Å². The van der Waals surface area contributed by atoms with Crippen LogP contribution in [0.5, 0.6) is 0 Å². The smallest absolute Gasteiger partial charge is 0.303 e. The standard InChI is InChI=1S/C19H27ClO4/c1-14(12-21)11-15(2)24-13-16-9-10-18(20)17(16)7-5-3-4-6-8-19(22)23/h3,5,11-12,16-18H,1,4,6-10,13H2,2H3,(H,22,23)/b5-3-,15-11+/t16?,17-,18?/m1/s1. The maximum atomic E-state index is 10.6. The van der Waals surface area contributed by atoms with Gasteiger partial charge in [0.05, 0.1) is 12.4 Å². The molecule has 0 aromatic heterocycles. The molecule has 1 rings (SSSR count). The molecule has 0 aromatic carbocycles. The Morgan fingerprint density at radius 3 is 2.79 bits per heavy atom. The summed E-state index contributed by atoms with van der Waals surface area (Å²) in [6.45, 7) is 6.02. The van der Waals surface area contributed by atoms with Crippen molar-refractivity contribution in [1.82, 2.24) is 0 Å². The molecule has 0 saturated heterocycles. The topological polar surface area (TPSA) is 63.6 Å². The van der Waals surface area contributed by atoms with Gasteiger partial charge in [-0.3, -0.25) is 9.59 Å². The molecule has 24 heavy (non-hydrogen) atoms. The van der Waals surface area contributed by atoms with Crippen molar-refractivity contribution in [2.75, 3.05) is 6.61 Å². The van der Waals surface area contributed by atoms with Crippen LogP contribution >= 0.6 is 11.6 Å². The van der Waals surface area contributed by atoms with Gasteiger partial charge in [0.2, 0.25) is 0 Å². The molecular formula is C19H27ClO4. The summed E-state index contributed by atoms with van der Waals surface area (Å²) in [5.74, 6) is 0.694. The van der Waals surface area contributed by atoms with Crippen molar-refractivity contribution >= 4 is 23.9 Å². The molecule has 0 bridgehead atoms. The first-order valence-electron chi connectivity index (χ1n) is 8.40. The first-order valence-corrected chi connectivity index (χ1v) is 8.83. The van der Waals surface area contributed by atoms with E-state index in [9.17, 15) is 9.59 Å². The zero-order valence-corrected chi connectivity index (χ0v) is 15.0. The minimum absolute atomic E-state index is 0.150. The number of ether oxygens (including phenoxy) is 1. The van der Waals surface area contributed by atoms with E-state index in [1.54, 1.807) is 6.08 Å². The number of halogens is 1.